The van der Waals surface area contributed by atoms with Crippen LogP contribution in [0.4, 0.5) is 4.39 Å². The van der Waals surface area contributed by atoms with Crippen LogP contribution < -0.4 is 0 Å². The second-order valence-electron chi connectivity index (χ2n) is 5.98. The van der Waals surface area contributed by atoms with E-state index in [1.165, 1.54) is 32.1 Å². The Morgan fingerprint density at radius 1 is 1.21 bits per heavy atom. The summed E-state index contributed by atoms with van der Waals surface area (Å²) in [6.45, 7) is 3.89. The van der Waals surface area contributed by atoms with Crippen molar-refractivity contribution in [3.05, 3.63) is 35.1 Å². The number of benzene rings is 1. The van der Waals surface area contributed by atoms with Crippen molar-refractivity contribution in [2.24, 2.45) is 5.92 Å². The molecule has 2 rings (SSSR count). The minimum atomic E-state index is -0.0464. The molecule has 0 saturated heterocycles. The Balaban J connectivity index is 1.88. The lowest BCUT2D eigenvalue weighted by Crippen LogP contribution is -2.27. The fourth-order valence-electron chi connectivity index (χ4n) is 3.10. The van der Waals surface area contributed by atoms with E-state index in [0.29, 0.717) is 0 Å². The van der Waals surface area contributed by atoms with Crippen LogP contribution in [-0.2, 0) is 13.0 Å². The first-order chi connectivity index (χ1) is 9.19. The van der Waals surface area contributed by atoms with Gasteiger partial charge in [0.1, 0.15) is 5.82 Å². The van der Waals surface area contributed by atoms with Gasteiger partial charge in [-0.25, -0.2) is 4.39 Å². The van der Waals surface area contributed by atoms with Crippen LogP contribution in [0.15, 0.2) is 18.2 Å². The maximum Gasteiger partial charge on any atom is 0.127 e. The average Bonchev–Trinajstić information content (AvgIpc) is 2.42. The van der Waals surface area contributed by atoms with Gasteiger partial charge in [0.05, 0.1) is 0 Å². The number of rotatable bonds is 5. The van der Waals surface area contributed by atoms with Crippen molar-refractivity contribution in [2.45, 2.75) is 52.0 Å². The molecule has 1 aromatic rings. The third-order valence-corrected chi connectivity index (χ3v) is 4.26. The largest absolute Gasteiger partial charge is 0.302 e. The van der Waals surface area contributed by atoms with E-state index in [-0.39, 0.29) is 5.82 Å². The molecule has 0 unspecified atom stereocenters. The lowest BCUT2D eigenvalue weighted by molar-refractivity contribution is 0.226. The fourth-order valence-corrected chi connectivity index (χ4v) is 3.10. The highest BCUT2D eigenvalue weighted by molar-refractivity contribution is 5.24. The van der Waals surface area contributed by atoms with Crippen molar-refractivity contribution >= 4 is 0 Å². The van der Waals surface area contributed by atoms with E-state index in [4.69, 9.17) is 0 Å². The Labute approximate surface area is 116 Å². The minimum absolute atomic E-state index is 0.0464. The first-order valence-corrected chi connectivity index (χ1v) is 7.65. The van der Waals surface area contributed by atoms with E-state index in [9.17, 15) is 4.39 Å². The first kappa shape index (κ1) is 14.5. The Morgan fingerprint density at radius 2 is 1.95 bits per heavy atom. The Bertz CT molecular complexity index is 396. The minimum Gasteiger partial charge on any atom is -0.302 e. The highest BCUT2D eigenvalue weighted by Crippen LogP contribution is 2.24. The number of halogens is 1. The van der Waals surface area contributed by atoms with Crippen LogP contribution in [0.5, 0.6) is 0 Å². The second kappa shape index (κ2) is 7.04. The summed E-state index contributed by atoms with van der Waals surface area (Å²) in [5.74, 6) is 0.770. The highest BCUT2D eigenvalue weighted by atomic mass is 19.1. The topological polar surface area (TPSA) is 3.24 Å². The van der Waals surface area contributed by atoms with Crippen LogP contribution in [0, 0.1) is 11.7 Å². The van der Waals surface area contributed by atoms with Gasteiger partial charge in [0.25, 0.3) is 0 Å². The highest BCUT2D eigenvalue weighted by Gasteiger charge is 2.16. The molecule has 19 heavy (non-hydrogen) atoms. The normalized spacial score (nSPS) is 17.1. The van der Waals surface area contributed by atoms with Crippen LogP contribution in [-0.4, -0.2) is 18.5 Å². The monoisotopic (exact) mass is 263 g/mol. The molecule has 2 heteroatoms. The number of hydrogen-bond donors (Lipinski definition) is 0. The van der Waals surface area contributed by atoms with Crippen LogP contribution in [0.1, 0.15) is 50.2 Å². The van der Waals surface area contributed by atoms with Gasteiger partial charge in [0.15, 0.2) is 0 Å². The van der Waals surface area contributed by atoms with E-state index in [0.717, 1.165) is 36.6 Å². The number of hydrogen-bond acceptors (Lipinski definition) is 1. The van der Waals surface area contributed by atoms with Gasteiger partial charge < -0.3 is 4.90 Å². The maximum atomic E-state index is 13.9. The van der Waals surface area contributed by atoms with Crippen molar-refractivity contribution in [1.82, 2.24) is 4.90 Å². The molecule has 1 aromatic carbocycles. The third-order valence-electron chi connectivity index (χ3n) is 4.26. The molecular weight excluding hydrogens is 237 g/mol. The zero-order chi connectivity index (χ0) is 13.7. The van der Waals surface area contributed by atoms with Crippen molar-refractivity contribution in [3.8, 4) is 0 Å². The molecule has 0 radical (unpaired) electrons. The SMILES string of the molecule is CCc1ccc(CN(C)CC2CCCCC2)c(F)c1. The Morgan fingerprint density at radius 3 is 2.58 bits per heavy atom. The van der Waals surface area contributed by atoms with E-state index < -0.39 is 0 Å². The van der Waals surface area contributed by atoms with Gasteiger partial charge in [-0.1, -0.05) is 38.3 Å². The first-order valence-electron chi connectivity index (χ1n) is 7.65. The zero-order valence-corrected chi connectivity index (χ0v) is 12.3. The molecule has 0 spiro atoms. The Kier molecular flexibility index (Phi) is 5.38. The number of nitrogens with zero attached hydrogens (tertiary/aromatic N) is 1. The average molecular weight is 263 g/mol. The van der Waals surface area contributed by atoms with Crippen LogP contribution in [0.3, 0.4) is 0 Å². The lowest BCUT2D eigenvalue weighted by Gasteiger charge is -2.27. The molecule has 106 valence electrons. The molecule has 0 bridgehead atoms. The van der Waals surface area contributed by atoms with Gasteiger partial charge in [-0.15, -0.1) is 0 Å². The summed E-state index contributed by atoms with van der Waals surface area (Å²) in [6.07, 6.45) is 7.74. The third kappa shape index (κ3) is 4.31. The molecule has 1 aliphatic carbocycles. The maximum absolute atomic E-state index is 13.9. The second-order valence-corrected chi connectivity index (χ2v) is 5.98. The summed E-state index contributed by atoms with van der Waals surface area (Å²) in [6, 6.07) is 5.68. The molecule has 1 aliphatic rings. The molecule has 0 heterocycles. The zero-order valence-electron chi connectivity index (χ0n) is 12.3. The van der Waals surface area contributed by atoms with Crippen molar-refractivity contribution in [3.63, 3.8) is 0 Å². The molecule has 1 fully saturated rings. The molecule has 0 atom stereocenters. The predicted octanol–water partition coefficient (Wildman–Crippen LogP) is 4.40. The summed E-state index contributed by atoms with van der Waals surface area (Å²) in [5.41, 5.74) is 1.91. The van der Waals surface area contributed by atoms with Crippen LogP contribution in [0.25, 0.3) is 0 Å². The Hall–Kier alpha value is -0.890. The summed E-state index contributed by atoms with van der Waals surface area (Å²) in [4.78, 5) is 2.28. The number of aryl methyl sites for hydroxylation is 1. The van der Waals surface area contributed by atoms with Crippen molar-refractivity contribution in [2.75, 3.05) is 13.6 Å². The van der Waals surface area contributed by atoms with Gasteiger partial charge in [-0.3, -0.25) is 0 Å². The quantitative estimate of drug-likeness (QED) is 0.761. The van der Waals surface area contributed by atoms with E-state index in [2.05, 4.69) is 18.9 Å². The molecule has 0 aromatic heterocycles. The summed E-state index contributed by atoms with van der Waals surface area (Å²) in [5, 5.41) is 0. The predicted molar refractivity (Wildman–Crippen MR) is 78.7 cm³/mol. The summed E-state index contributed by atoms with van der Waals surface area (Å²) >= 11 is 0. The van der Waals surface area contributed by atoms with E-state index in [1.54, 1.807) is 6.07 Å². The van der Waals surface area contributed by atoms with Crippen molar-refractivity contribution in [1.29, 1.82) is 0 Å². The standard InChI is InChI=1S/C17H26FN/c1-3-14-9-10-16(17(18)11-14)13-19(2)12-15-7-5-4-6-8-15/h9-11,15H,3-8,12-13H2,1-2H3. The van der Waals surface area contributed by atoms with E-state index in [1.807, 2.05) is 12.1 Å². The smallest absolute Gasteiger partial charge is 0.127 e. The molecule has 1 saturated carbocycles. The molecule has 0 amide bonds. The molecule has 1 nitrogen and oxygen atoms in total. The van der Waals surface area contributed by atoms with Crippen LogP contribution in [0.2, 0.25) is 0 Å². The van der Waals surface area contributed by atoms with E-state index >= 15 is 0 Å². The molecule has 0 aliphatic heterocycles. The van der Waals surface area contributed by atoms with Crippen molar-refractivity contribution < 1.29 is 4.39 Å². The van der Waals surface area contributed by atoms with Crippen LogP contribution >= 0.6 is 0 Å². The lowest BCUT2D eigenvalue weighted by atomic mass is 9.89. The van der Waals surface area contributed by atoms with Gasteiger partial charge in [-0.2, -0.15) is 0 Å². The van der Waals surface area contributed by atoms with Gasteiger partial charge in [-0.05, 0) is 43.9 Å². The fraction of sp³-hybridized carbons (Fsp3) is 0.647. The summed E-state index contributed by atoms with van der Waals surface area (Å²) in [7, 11) is 2.11. The molecule has 0 N–H and O–H groups in total. The van der Waals surface area contributed by atoms with Gasteiger partial charge in [0.2, 0.25) is 0 Å². The van der Waals surface area contributed by atoms with Gasteiger partial charge in [0, 0.05) is 18.7 Å². The summed E-state index contributed by atoms with van der Waals surface area (Å²) < 4.78 is 13.9. The van der Waals surface area contributed by atoms with Gasteiger partial charge >= 0.3 is 0 Å². The molecular formula is C17H26FN.